The quantitative estimate of drug-likeness (QED) is 0.828. The van der Waals surface area contributed by atoms with Crippen LogP contribution < -0.4 is 10.2 Å². The summed E-state index contributed by atoms with van der Waals surface area (Å²) in [6.07, 6.45) is 1.89. The molecule has 0 spiro atoms. The molecule has 0 amide bonds. The molecule has 0 unspecified atom stereocenters. The molecule has 0 atom stereocenters. The standard InChI is InChI=1S/C14H20N4S2/c1-2-13(19-10-1)12-15-3-5-17-6-8-18(9-7-17)14-16-4-11-20-14/h1-2,4,10-11,15H,3,5-9,12H2. The lowest BCUT2D eigenvalue weighted by Gasteiger charge is -2.34. The Labute approximate surface area is 128 Å². The first-order valence-electron chi connectivity index (χ1n) is 7.02. The molecular weight excluding hydrogens is 288 g/mol. The van der Waals surface area contributed by atoms with Gasteiger partial charge in [-0.25, -0.2) is 4.98 Å². The zero-order valence-corrected chi connectivity index (χ0v) is 13.1. The van der Waals surface area contributed by atoms with Crippen LogP contribution in [-0.4, -0.2) is 49.2 Å². The molecule has 2 aromatic rings. The number of thiophene rings is 1. The molecule has 0 aromatic carbocycles. The van der Waals surface area contributed by atoms with Gasteiger partial charge in [0.15, 0.2) is 5.13 Å². The lowest BCUT2D eigenvalue weighted by molar-refractivity contribution is 0.257. The molecule has 4 nitrogen and oxygen atoms in total. The first-order valence-corrected chi connectivity index (χ1v) is 8.77. The molecule has 0 aliphatic carbocycles. The molecule has 1 aliphatic rings. The number of thiazole rings is 1. The first kappa shape index (κ1) is 14.0. The number of hydrogen-bond acceptors (Lipinski definition) is 6. The number of piperazine rings is 1. The minimum absolute atomic E-state index is 0.997. The summed E-state index contributed by atoms with van der Waals surface area (Å²) in [6, 6.07) is 4.30. The third kappa shape index (κ3) is 3.79. The van der Waals surface area contributed by atoms with Crippen LogP contribution in [0.25, 0.3) is 0 Å². The van der Waals surface area contributed by atoms with Crippen molar-refractivity contribution in [3.05, 3.63) is 34.0 Å². The summed E-state index contributed by atoms with van der Waals surface area (Å²) in [5, 5.41) is 8.87. The van der Waals surface area contributed by atoms with Crippen LogP contribution in [0.4, 0.5) is 5.13 Å². The van der Waals surface area contributed by atoms with E-state index in [0.717, 1.165) is 45.8 Å². The Morgan fingerprint density at radius 3 is 2.75 bits per heavy atom. The minimum Gasteiger partial charge on any atom is -0.346 e. The van der Waals surface area contributed by atoms with Gasteiger partial charge in [0.05, 0.1) is 0 Å². The van der Waals surface area contributed by atoms with E-state index >= 15 is 0 Å². The van der Waals surface area contributed by atoms with Gasteiger partial charge in [-0.2, -0.15) is 0 Å². The number of rotatable bonds is 6. The molecule has 1 saturated heterocycles. The van der Waals surface area contributed by atoms with E-state index in [1.165, 1.54) is 10.0 Å². The van der Waals surface area contributed by atoms with Crippen molar-refractivity contribution in [1.29, 1.82) is 0 Å². The number of nitrogens with zero attached hydrogens (tertiary/aromatic N) is 3. The van der Waals surface area contributed by atoms with Gasteiger partial charge in [0.1, 0.15) is 0 Å². The van der Waals surface area contributed by atoms with Gasteiger partial charge in [-0.1, -0.05) is 6.07 Å². The normalized spacial score (nSPS) is 16.7. The summed E-state index contributed by atoms with van der Waals surface area (Å²) < 4.78 is 0. The Morgan fingerprint density at radius 1 is 1.15 bits per heavy atom. The average molecular weight is 308 g/mol. The van der Waals surface area contributed by atoms with Gasteiger partial charge >= 0.3 is 0 Å². The van der Waals surface area contributed by atoms with Gasteiger partial charge in [0, 0.05) is 62.3 Å². The highest BCUT2D eigenvalue weighted by Crippen LogP contribution is 2.18. The monoisotopic (exact) mass is 308 g/mol. The van der Waals surface area contributed by atoms with Crippen molar-refractivity contribution in [3.63, 3.8) is 0 Å². The summed E-state index contributed by atoms with van der Waals surface area (Å²) in [4.78, 5) is 10.7. The van der Waals surface area contributed by atoms with E-state index in [1.54, 1.807) is 11.3 Å². The summed E-state index contributed by atoms with van der Waals surface area (Å²) in [5.74, 6) is 0. The van der Waals surface area contributed by atoms with Crippen molar-refractivity contribution >= 4 is 27.8 Å². The first-order chi connectivity index (χ1) is 9.92. The van der Waals surface area contributed by atoms with Crippen molar-refractivity contribution in [2.75, 3.05) is 44.2 Å². The smallest absolute Gasteiger partial charge is 0.185 e. The molecule has 3 heterocycles. The largest absolute Gasteiger partial charge is 0.346 e. The molecule has 6 heteroatoms. The van der Waals surface area contributed by atoms with Crippen molar-refractivity contribution in [1.82, 2.24) is 15.2 Å². The summed E-state index contributed by atoms with van der Waals surface area (Å²) in [5.41, 5.74) is 0. The molecule has 0 bridgehead atoms. The van der Waals surface area contributed by atoms with Crippen LogP contribution in [0, 0.1) is 0 Å². The molecule has 1 fully saturated rings. The molecule has 108 valence electrons. The maximum absolute atomic E-state index is 4.38. The second-order valence-electron chi connectivity index (χ2n) is 4.90. The Morgan fingerprint density at radius 2 is 2.05 bits per heavy atom. The zero-order valence-electron chi connectivity index (χ0n) is 11.5. The van der Waals surface area contributed by atoms with E-state index in [0.29, 0.717) is 0 Å². The van der Waals surface area contributed by atoms with Crippen molar-refractivity contribution in [2.45, 2.75) is 6.54 Å². The van der Waals surface area contributed by atoms with Gasteiger partial charge < -0.3 is 10.2 Å². The van der Waals surface area contributed by atoms with Crippen molar-refractivity contribution < 1.29 is 0 Å². The fourth-order valence-electron chi connectivity index (χ4n) is 2.40. The maximum Gasteiger partial charge on any atom is 0.185 e. The second-order valence-corrected chi connectivity index (χ2v) is 6.80. The van der Waals surface area contributed by atoms with Crippen LogP contribution in [0.15, 0.2) is 29.1 Å². The third-order valence-corrected chi connectivity index (χ3v) is 5.25. The summed E-state index contributed by atoms with van der Waals surface area (Å²) in [7, 11) is 0. The molecular formula is C14H20N4S2. The fraction of sp³-hybridized carbons (Fsp3) is 0.500. The predicted octanol–water partition coefficient (Wildman–Crippen LogP) is 2.12. The molecule has 3 rings (SSSR count). The maximum atomic E-state index is 4.38. The molecule has 2 aromatic heterocycles. The SMILES string of the molecule is c1csc(CNCCN2CCN(c3nccs3)CC2)c1. The van der Waals surface area contributed by atoms with Gasteiger partial charge in [0.2, 0.25) is 0 Å². The van der Waals surface area contributed by atoms with Crippen LogP contribution in [0.5, 0.6) is 0 Å². The second kappa shape index (κ2) is 7.17. The van der Waals surface area contributed by atoms with Crippen LogP contribution >= 0.6 is 22.7 Å². The van der Waals surface area contributed by atoms with Gasteiger partial charge in [-0.15, -0.1) is 22.7 Å². The molecule has 1 aliphatic heterocycles. The van der Waals surface area contributed by atoms with Crippen LogP contribution in [-0.2, 0) is 6.54 Å². The van der Waals surface area contributed by atoms with Crippen LogP contribution in [0.3, 0.4) is 0 Å². The lowest BCUT2D eigenvalue weighted by Crippen LogP contribution is -2.48. The Bertz CT molecular complexity index is 475. The fourth-order valence-corrected chi connectivity index (χ4v) is 3.77. The molecule has 0 radical (unpaired) electrons. The topological polar surface area (TPSA) is 31.4 Å². The van der Waals surface area contributed by atoms with Crippen LogP contribution in [0.2, 0.25) is 0 Å². The summed E-state index contributed by atoms with van der Waals surface area (Å²) in [6.45, 7) is 7.67. The van der Waals surface area contributed by atoms with E-state index < -0.39 is 0 Å². The minimum atomic E-state index is 0.997. The Kier molecular flexibility index (Phi) is 5.02. The number of aromatic nitrogens is 1. The third-order valence-electron chi connectivity index (χ3n) is 3.55. The van der Waals surface area contributed by atoms with Gasteiger partial charge in [0.25, 0.3) is 0 Å². The van der Waals surface area contributed by atoms with E-state index in [9.17, 15) is 0 Å². The molecule has 0 saturated carbocycles. The number of nitrogens with one attached hydrogen (secondary N) is 1. The van der Waals surface area contributed by atoms with E-state index in [1.807, 2.05) is 17.5 Å². The number of hydrogen-bond donors (Lipinski definition) is 1. The lowest BCUT2D eigenvalue weighted by atomic mass is 10.3. The van der Waals surface area contributed by atoms with Crippen LogP contribution in [0.1, 0.15) is 4.88 Å². The van der Waals surface area contributed by atoms with Crippen molar-refractivity contribution in [2.24, 2.45) is 0 Å². The highest BCUT2D eigenvalue weighted by molar-refractivity contribution is 7.13. The highest BCUT2D eigenvalue weighted by atomic mass is 32.1. The van der Waals surface area contributed by atoms with E-state index in [2.05, 4.69) is 43.0 Å². The number of anilines is 1. The van der Waals surface area contributed by atoms with Gasteiger partial charge in [-0.05, 0) is 11.4 Å². The van der Waals surface area contributed by atoms with E-state index in [4.69, 9.17) is 0 Å². The average Bonchev–Trinajstić information content (AvgIpc) is 3.17. The van der Waals surface area contributed by atoms with Gasteiger partial charge in [-0.3, -0.25) is 4.90 Å². The van der Waals surface area contributed by atoms with E-state index in [-0.39, 0.29) is 0 Å². The Hall–Kier alpha value is -0.950. The molecule has 1 N–H and O–H groups in total. The van der Waals surface area contributed by atoms with Crippen molar-refractivity contribution in [3.8, 4) is 0 Å². The predicted molar refractivity (Wildman–Crippen MR) is 86.8 cm³/mol. The Balaban J connectivity index is 1.32. The zero-order chi connectivity index (χ0) is 13.6. The molecule has 20 heavy (non-hydrogen) atoms. The summed E-state index contributed by atoms with van der Waals surface area (Å²) >= 11 is 3.55. The highest BCUT2D eigenvalue weighted by Gasteiger charge is 2.17.